The second kappa shape index (κ2) is 6.26. The number of fused-ring (bicyclic) bond motifs is 1. The van der Waals surface area contributed by atoms with Crippen molar-refractivity contribution >= 4 is 22.2 Å². The van der Waals surface area contributed by atoms with Crippen LogP contribution in [0.5, 0.6) is 0 Å². The highest BCUT2D eigenvalue weighted by atomic mass is 32.1. The van der Waals surface area contributed by atoms with E-state index in [0.717, 1.165) is 23.8 Å². The summed E-state index contributed by atoms with van der Waals surface area (Å²) in [5.74, 6) is 0. The molecule has 0 fully saturated rings. The summed E-state index contributed by atoms with van der Waals surface area (Å²) in [6.07, 6.45) is 2.39. The van der Waals surface area contributed by atoms with Gasteiger partial charge < -0.3 is 15.5 Å². The van der Waals surface area contributed by atoms with Crippen LogP contribution in [0, 0.1) is 0 Å². The fourth-order valence-electron chi connectivity index (χ4n) is 3.00. The third kappa shape index (κ3) is 2.71. The Kier molecular flexibility index (Phi) is 4.36. The van der Waals surface area contributed by atoms with Crippen LogP contribution in [0.4, 0.5) is 10.8 Å². The van der Waals surface area contributed by atoms with Crippen molar-refractivity contribution < 1.29 is 0 Å². The SMILES string of the molecule is CNc1nc(-c2ccc3c(c2)CCCN3C)c(C(C)NC)s1. The topological polar surface area (TPSA) is 40.2 Å². The largest absolute Gasteiger partial charge is 0.374 e. The Balaban J connectivity index is 2.05. The van der Waals surface area contributed by atoms with Gasteiger partial charge in [-0.3, -0.25) is 0 Å². The molecule has 118 valence electrons. The van der Waals surface area contributed by atoms with Crippen LogP contribution in [0.25, 0.3) is 11.3 Å². The zero-order chi connectivity index (χ0) is 15.7. The highest BCUT2D eigenvalue weighted by molar-refractivity contribution is 7.16. The van der Waals surface area contributed by atoms with E-state index in [1.165, 1.54) is 28.1 Å². The van der Waals surface area contributed by atoms with Crippen LogP contribution in [-0.2, 0) is 6.42 Å². The van der Waals surface area contributed by atoms with Crippen LogP contribution in [-0.4, -0.2) is 32.7 Å². The van der Waals surface area contributed by atoms with E-state index in [2.05, 4.69) is 47.7 Å². The Bertz CT molecular complexity index is 665. The van der Waals surface area contributed by atoms with Crippen LogP contribution >= 0.6 is 11.3 Å². The van der Waals surface area contributed by atoms with Crippen molar-refractivity contribution in [1.82, 2.24) is 10.3 Å². The van der Waals surface area contributed by atoms with Crippen molar-refractivity contribution in [3.63, 3.8) is 0 Å². The van der Waals surface area contributed by atoms with E-state index < -0.39 is 0 Å². The van der Waals surface area contributed by atoms with Crippen LogP contribution in [0.3, 0.4) is 0 Å². The molecule has 0 saturated carbocycles. The van der Waals surface area contributed by atoms with E-state index in [0.29, 0.717) is 6.04 Å². The number of thiazole rings is 1. The van der Waals surface area contributed by atoms with E-state index in [1.54, 1.807) is 11.3 Å². The quantitative estimate of drug-likeness (QED) is 0.905. The van der Waals surface area contributed by atoms with Gasteiger partial charge in [0.25, 0.3) is 0 Å². The average molecular weight is 316 g/mol. The van der Waals surface area contributed by atoms with Gasteiger partial charge in [0, 0.05) is 37.9 Å². The van der Waals surface area contributed by atoms with Gasteiger partial charge in [-0.15, -0.1) is 0 Å². The number of aryl methyl sites for hydroxylation is 1. The predicted molar refractivity (Wildman–Crippen MR) is 96.2 cm³/mol. The molecule has 1 aromatic heterocycles. The molecule has 2 heterocycles. The van der Waals surface area contributed by atoms with Crippen LogP contribution in [0.1, 0.15) is 29.8 Å². The summed E-state index contributed by atoms with van der Waals surface area (Å²) < 4.78 is 0. The first kappa shape index (κ1) is 15.3. The Hall–Kier alpha value is -1.59. The summed E-state index contributed by atoms with van der Waals surface area (Å²) in [5.41, 5.74) is 5.13. The highest BCUT2D eigenvalue weighted by Gasteiger charge is 2.20. The van der Waals surface area contributed by atoms with Crippen LogP contribution in [0.15, 0.2) is 18.2 Å². The summed E-state index contributed by atoms with van der Waals surface area (Å²) in [5, 5.41) is 7.48. The molecule has 1 unspecified atom stereocenters. The maximum atomic E-state index is 4.79. The zero-order valence-corrected chi connectivity index (χ0v) is 14.5. The fraction of sp³-hybridized carbons (Fsp3) is 0.471. The summed E-state index contributed by atoms with van der Waals surface area (Å²) in [6, 6.07) is 7.08. The summed E-state index contributed by atoms with van der Waals surface area (Å²) in [7, 11) is 6.10. The molecule has 5 heteroatoms. The number of hydrogen-bond acceptors (Lipinski definition) is 5. The molecule has 1 aromatic carbocycles. The van der Waals surface area contributed by atoms with Crippen molar-refractivity contribution in [2.45, 2.75) is 25.8 Å². The smallest absolute Gasteiger partial charge is 0.183 e. The first-order chi connectivity index (χ1) is 10.6. The molecule has 0 bridgehead atoms. The molecule has 0 saturated heterocycles. The minimum atomic E-state index is 0.299. The maximum absolute atomic E-state index is 4.79. The molecule has 1 atom stereocenters. The van der Waals surface area contributed by atoms with Crippen molar-refractivity contribution in [3.8, 4) is 11.3 Å². The van der Waals surface area contributed by atoms with Gasteiger partial charge in [0.2, 0.25) is 0 Å². The van der Waals surface area contributed by atoms with Gasteiger partial charge in [-0.2, -0.15) is 0 Å². The lowest BCUT2D eigenvalue weighted by atomic mass is 9.97. The Labute approximate surface area is 136 Å². The molecular formula is C17H24N4S. The monoisotopic (exact) mass is 316 g/mol. The number of nitrogens with one attached hydrogen (secondary N) is 2. The second-order valence-corrected chi connectivity index (χ2v) is 6.89. The van der Waals surface area contributed by atoms with E-state index >= 15 is 0 Å². The molecule has 22 heavy (non-hydrogen) atoms. The van der Waals surface area contributed by atoms with Gasteiger partial charge in [-0.05, 0) is 44.5 Å². The fourth-order valence-corrected chi connectivity index (χ4v) is 4.00. The molecular weight excluding hydrogens is 292 g/mol. The van der Waals surface area contributed by atoms with Gasteiger partial charge in [0.15, 0.2) is 5.13 Å². The number of rotatable bonds is 4. The molecule has 1 aliphatic rings. The number of nitrogens with zero attached hydrogens (tertiary/aromatic N) is 2. The number of hydrogen-bond donors (Lipinski definition) is 2. The molecule has 0 radical (unpaired) electrons. The van der Waals surface area contributed by atoms with E-state index in [-0.39, 0.29) is 0 Å². The van der Waals surface area contributed by atoms with Crippen LogP contribution in [0.2, 0.25) is 0 Å². The lowest BCUT2D eigenvalue weighted by Gasteiger charge is -2.27. The van der Waals surface area contributed by atoms with Gasteiger partial charge in [0.05, 0.1) is 10.6 Å². The summed E-state index contributed by atoms with van der Waals surface area (Å²) in [4.78, 5) is 8.42. The number of anilines is 2. The Morgan fingerprint density at radius 1 is 1.32 bits per heavy atom. The minimum Gasteiger partial charge on any atom is -0.374 e. The first-order valence-corrected chi connectivity index (χ1v) is 8.66. The molecule has 2 N–H and O–H groups in total. The van der Waals surface area contributed by atoms with Gasteiger partial charge in [-0.25, -0.2) is 4.98 Å². The standard InChI is InChI=1S/C17H24N4S/c1-11(18-2)16-15(20-17(19-3)22-16)13-7-8-14-12(10-13)6-5-9-21(14)4/h7-8,10-11,18H,5-6,9H2,1-4H3,(H,19,20). The Morgan fingerprint density at radius 3 is 2.86 bits per heavy atom. The predicted octanol–water partition coefficient (Wildman–Crippen LogP) is 3.51. The lowest BCUT2D eigenvalue weighted by Crippen LogP contribution is -2.24. The zero-order valence-electron chi connectivity index (χ0n) is 13.7. The molecule has 1 aliphatic heterocycles. The average Bonchev–Trinajstić information content (AvgIpc) is 2.98. The van der Waals surface area contributed by atoms with E-state index in [4.69, 9.17) is 4.98 Å². The third-order valence-corrected chi connectivity index (χ3v) is 5.65. The van der Waals surface area contributed by atoms with Gasteiger partial charge in [-0.1, -0.05) is 17.4 Å². The van der Waals surface area contributed by atoms with Crippen molar-refractivity contribution in [2.75, 3.05) is 37.9 Å². The molecule has 2 aromatic rings. The molecule has 3 rings (SSSR count). The maximum Gasteiger partial charge on any atom is 0.183 e. The van der Waals surface area contributed by atoms with Crippen molar-refractivity contribution in [3.05, 3.63) is 28.6 Å². The van der Waals surface area contributed by atoms with E-state index in [1.807, 2.05) is 14.1 Å². The molecule has 0 aliphatic carbocycles. The number of aromatic nitrogens is 1. The molecule has 0 amide bonds. The summed E-state index contributed by atoms with van der Waals surface area (Å²) in [6.45, 7) is 3.33. The van der Waals surface area contributed by atoms with E-state index in [9.17, 15) is 0 Å². The normalized spacial score (nSPS) is 15.5. The highest BCUT2D eigenvalue weighted by Crippen LogP contribution is 2.37. The van der Waals surface area contributed by atoms with Gasteiger partial charge >= 0.3 is 0 Å². The Morgan fingerprint density at radius 2 is 2.14 bits per heavy atom. The second-order valence-electron chi connectivity index (χ2n) is 5.86. The minimum absolute atomic E-state index is 0.299. The molecule has 4 nitrogen and oxygen atoms in total. The molecule has 0 spiro atoms. The summed E-state index contributed by atoms with van der Waals surface area (Å²) >= 11 is 1.73. The van der Waals surface area contributed by atoms with Crippen molar-refractivity contribution in [2.24, 2.45) is 0 Å². The van der Waals surface area contributed by atoms with Crippen molar-refractivity contribution in [1.29, 1.82) is 0 Å². The first-order valence-electron chi connectivity index (χ1n) is 7.84. The third-order valence-electron chi connectivity index (χ3n) is 4.40. The lowest BCUT2D eigenvalue weighted by molar-refractivity contribution is 0.664. The van der Waals surface area contributed by atoms with Crippen LogP contribution < -0.4 is 15.5 Å². The van der Waals surface area contributed by atoms with Gasteiger partial charge in [0.1, 0.15) is 0 Å². The number of benzene rings is 1.